The second-order valence-electron chi connectivity index (χ2n) is 19.9. The first-order valence-corrected chi connectivity index (χ1v) is 26.8. The quantitative estimate of drug-likeness (QED) is 0.0270. The Morgan fingerprint density at radius 3 is 0.776 bits per heavy atom. The van der Waals surface area contributed by atoms with Crippen molar-refractivity contribution in [3.63, 3.8) is 0 Å². The van der Waals surface area contributed by atoms with Crippen molar-refractivity contribution in [1.29, 1.82) is 0 Å². The van der Waals surface area contributed by atoms with E-state index in [1.165, 1.54) is 0 Å². The van der Waals surface area contributed by atoms with Gasteiger partial charge >= 0.3 is 41.8 Å². The van der Waals surface area contributed by atoms with E-state index < -0.39 is 51.1 Å². The van der Waals surface area contributed by atoms with Gasteiger partial charge in [-0.1, -0.05) is 0 Å². The molecule has 0 spiro atoms. The third-order valence-electron chi connectivity index (χ3n) is 13.2. The van der Waals surface area contributed by atoms with Gasteiger partial charge in [0.1, 0.15) is 26.4 Å². The van der Waals surface area contributed by atoms with Gasteiger partial charge in [-0.15, -0.1) is 0 Å². The number of pyridine rings is 4. The smallest absolute Gasteiger partial charge is 0.372 e. The minimum absolute atomic E-state index is 0. The first kappa shape index (κ1) is 63.7. The van der Waals surface area contributed by atoms with Crippen LogP contribution in [-0.4, -0.2) is 97.5 Å². The first-order chi connectivity index (χ1) is 40.1. The molecule has 0 saturated heterocycles. The molecule has 2 N–H and O–H groups in total. The van der Waals surface area contributed by atoms with Crippen molar-refractivity contribution in [2.24, 2.45) is 0 Å². The fraction of sp³-hybridized carbons (Fsp3) is 0.333. The molecule has 447 valence electrons. The van der Waals surface area contributed by atoms with Crippen molar-refractivity contribution in [1.82, 2.24) is 19.9 Å². The van der Waals surface area contributed by atoms with Gasteiger partial charge in [-0.3, -0.25) is 0 Å². The van der Waals surface area contributed by atoms with Crippen LogP contribution in [0.4, 0.5) is 52.7 Å². The Kier molecular flexibility index (Phi) is 21.2. The summed E-state index contributed by atoms with van der Waals surface area (Å²) in [5.41, 5.74) is 9.90. The van der Waals surface area contributed by atoms with Gasteiger partial charge in [0.15, 0.2) is 75.8 Å². The minimum Gasteiger partial charge on any atom is -0.372 e. The molecule has 9 rings (SSSR count). The molecule has 85 heavy (non-hydrogen) atoms. The van der Waals surface area contributed by atoms with Crippen molar-refractivity contribution in [2.75, 3.05) is 52.9 Å². The standard InChI is InChI=1S/C60H58F12N8O4.Mn/c61-57(62,63)37-81-29-5-25-77-21-1-9-41(33-77)53-45-13-15-47(73-45)54(42-10-2-22-78(34-42)26-6-30-82-38-58(64,65)66)49-17-19-51(75-49)56(44-12-4-24-80(36-44)28-8-32-84-40-60(70,71)72)52-20-18-50(76-52)55(48-16-14-46(53)74-48)43-11-3-23-79(35-43)27-7-31-83-39-59(67,68)69;/h1-4,9-24,33-36,73,76H,5-8,25-32,37-40H2;/q+4;+2. The Balaban J connectivity index is 0.00000940. The predicted molar refractivity (Wildman–Crippen MR) is 287 cm³/mol. The summed E-state index contributed by atoms with van der Waals surface area (Å²) in [6, 6.07) is 22.4. The van der Waals surface area contributed by atoms with Crippen LogP contribution in [0.15, 0.2) is 122 Å². The molecule has 2 aliphatic heterocycles. The Morgan fingerprint density at radius 2 is 0.565 bits per heavy atom. The molecule has 0 fully saturated rings. The van der Waals surface area contributed by atoms with E-state index in [9.17, 15) is 52.7 Å². The predicted octanol–water partition coefficient (Wildman–Crippen LogP) is 12.3. The maximum Gasteiger partial charge on any atom is 2.00 e. The maximum absolute atomic E-state index is 12.9. The summed E-state index contributed by atoms with van der Waals surface area (Å²) in [5, 5.41) is 0. The van der Waals surface area contributed by atoms with E-state index >= 15 is 0 Å². The second kappa shape index (κ2) is 28.3. The number of aryl methyl sites for hydroxylation is 4. The van der Waals surface area contributed by atoms with Gasteiger partial charge in [0.05, 0.1) is 49.2 Å². The van der Waals surface area contributed by atoms with Crippen LogP contribution >= 0.6 is 0 Å². The molecule has 0 atom stereocenters. The summed E-state index contributed by atoms with van der Waals surface area (Å²) in [7, 11) is 0. The maximum atomic E-state index is 12.9. The average Bonchev–Trinajstić information content (AvgIpc) is 2.63. The number of hydrogen-bond acceptors (Lipinski definition) is 6. The van der Waals surface area contributed by atoms with E-state index in [1.54, 1.807) is 24.8 Å². The number of alkyl halides is 12. The summed E-state index contributed by atoms with van der Waals surface area (Å²) in [4.78, 5) is 18.0. The van der Waals surface area contributed by atoms with Gasteiger partial charge in [0.2, 0.25) is 0 Å². The molecular weight excluding hydrogens is 1180 g/mol. The monoisotopic (exact) mass is 1240 g/mol. The summed E-state index contributed by atoms with van der Waals surface area (Å²) < 4.78 is 182. The minimum atomic E-state index is -4.47. The summed E-state index contributed by atoms with van der Waals surface area (Å²) in [6.07, 6.45) is 5.36. The van der Waals surface area contributed by atoms with Gasteiger partial charge in [0, 0.05) is 117 Å². The SMILES string of the molecule is FC(F)(F)COCCC[n+]1cccc(-c2c3nc(c(-c4ccc[n+](CCCOCC(F)(F)F)c4)c4ccc([nH]4)c(-c4ccc[n+](CCCOCC(F)(F)F)c4)c4nc(c(-c5ccc[n+](CCCOCC(F)(F)F)c5)c5ccc2[nH]5)C=C4)C=C3)c1.[Mn+2]. The zero-order chi connectivity index (χ0) is 59.5. The number of hydrogen-bond donors (Lipinski definition) is 2. The second-order valence-corrected chi connectivity index (χ2v) is 19.9. The number of rotatable bonds is 24. The van der Waals surface area contributed by atoms with E-state index in [0.717, 1.165) is 0 Å². The molecular formula is C60H58F12MnN8O4+6. The molecule has 0 aromatic carbocycles. The molecule has 9 heterocycles. The van der Waals surface area contributed by atoms with Crippen LogP contribution in [-0.2, 0) is 62.2 Å². The van der Waals surface area contributed by atoms with Crippen LogP contribution in [0.2, 0.25) is 0 Å². The van der Waals surface area contributed by atoms with Gasteiger partial charge in [-0.25, -0.2) is 28.2 Å². The van der Waals surface area contributed by atoms with Crippen molar-refractivity contribution >= 4 is 46.4 Å². The van der Waals surface area contributed by atoms with E-state index in [1.807, 2.05) is 140 Å². The number of aromatic nitrogens is 8. The molecule has 0 unspecified atom stereocenters. The van der Waals surface area contributed by atoms with Crippen molar-refractivity contribution in [3.8, 4) is 44.5 Å². The van der Waals surface area contributed by atoms with Crippen LogP contribution in [0.5, 0.6) is 0 Å². The molecule has 7 aromatic heterocycles. The Hall–Kier alpha value is -7.28. The van der Waals surface area contributed by atoms with Crippen LogP contribution in [0, 0.1) is 0 Å². The molecule has 7 aromatic rings. The average molecular weight is 1240 g/mol. The topological polar surface area (TPSA) is 110 Å². The van der Waals surface area contributed by atoms with Crippen LogP contribution in [0.25, 0.3) is 90.9 Å². The van der Waals surface area contributed by atoms with Crippen molar-refractivity contribution in [2.45, 2.75) is 76.6 Å². The normalized spacial score (nSPS) is 12.8. The molecule has 0 saturated carbocycles. The molecule has 1 radical (unpaired) electrons. The van der Waals surface area contributed by atoms with Gasteiger partial charge < -0.3 is 28.9 Å². The molecule has 8 bridgehead atoms. The van der Waals surface area contributed by atoms with Crippen molar-refractivity contribution in [3.05, 3.63) is 145 Å². The van der Waals surface area contributed by atoms with Crippen LogP contribution in [0.1, 0.15) is 48.5 Å². The van der Waals surface area contributed by atoms with Crippen LogP contribution in [0.3, 0.4) is 0 Å². The fourth-order valence-electron chi connectivity index (χ4n) is 9.80. The first-order valence-electron chi connectivity index (χ1n) is 26.8. The van der Waals surface area contributed by atoms with E-state index in [2.05, 4.69) is 9.97 Å². The number of nitrogens with one attached hydrogen (secondary N) is 2. The molecule has 0 aliphatic carbocycles. The summed E-state index contributed by atoms with van der Waals surface area (Å²) >= 11 is 0. The Bertz CT molecular complexity index is 3190. The number of nitrogens with zero attached hydrogens (tertiary/aromatic N) is 6. The third kappa shape index (κ3) is 18.4. The Labute approximate surface area is 490 Å². The number of halogens is 12. The zero-order valence-corrected chi connectivity index (χ0v) is 46.6. The van der Waals surface area contributed by atoms with Gasteiger partial charge in [-0.2, -0.15) is 52.7 Å². The summed E-state index contributed by atoms with van der Waals surface area (Å²) in [5.74, 6) is 0. The number of H-pyrrole nitrogens is 2. The van der Waals surface area contributed by atoms with Crippen LogP contribution < -0.4 is 18.3 Å². The van der Waals surface area contributed by atoms with Gasteiger partial charge in [0.25, 0.3) is 0 Å². The number of ether oxygens (including phenoxy) is 4. The van der Waals surface area contributed by atoms with E-state index in [0.29, 0.717) is 116 Å². The fourth-order valence-corrected chi connectivity index (χ4v) is 9.80. The van der Waals surface area contributed by atoms with E-state index in [4.69, 9.17) is 28.9 Å². The summed E-state index contributed by atoms with van der Waals surface area (Å²) in [6.45, 7) is -4.73. The van der Waals surface area contributed by atoms with Crippen molar-refractivity contribution < 1.29 is 107 Å². The van der Waals surface area contributed by atoms with Gasteiger partial charge in [-0.05, 0) is 72.8 Å². The zero-order valence-electron chi connectivity index (χ0n) is 45.4. The van der Waals surface area contributed by atoms with E-state index in [-0.39, 0.29) is 69.2 Å². The Morgan fingerprint density at radius 1 is 0.341 bits per heavy atom. The molecule has 12 nitrogen and oxygen atoms in total. The largest absolute Gasteiger partial charge is 2.00 e. The third-order valence-corrected chi connectivity index (χ3v) is 13.2. The number of aromatic amines is 2. The molecule has 25 heteroatoms. The number of fused-ring (bicyclic) bond motifs is 8. The molecule has 2 aliphatic rings. The molecule has 0 amide bonds.